The summed E-state index contributed by atoms with van der Waals surface area (Å²) >= 11 is 0. The number of aliphatic hydroxyl groups excluding tert-OH is 1. The van der Waals surface area contributed by atoms with Crippen molar-refractivity contribution in [2.75, 3.05) is 4.90 Å². The monoisotopic (exact) mass is 319 g/mol. The smallest absolute Gasteiger partial charge is 0.301 e. The Morgan fingerprint density at radius 1 is 0.826 bits per heavy atom. The van der Waals surface area contributed by atoms with E-state index >= 15 is 0 Å². The van der Waals surface area contributed by atoms with Crippen molar-refractivity contribution in [3.8, 4) is 0 Å². The van der Waals surface area contributed by atoms with Gasteiger partial charge in [-0.2, -0.15) is 0 Å². The fourth-order valence-electron chi connectivity index (χ4n) is 2.25. The number of nitrogens with zero attached hydrogens (tertiary/aromatic N) is 1. The molecule has 1 aliphatic heterocycles. The van der Waals surface area contributed by atoms with E-state index in [0.29, 0.717) is 11.0 Å². The molecule has 0 aliphatic carbocycles. The van der Waals surface area contributed by atoms with Gasteiger partial charge >= 0.3 is 5.91 Å². The van der Waals surface area contributed by atoms with Crippen LogP contribution in [0.4, 0.5) is 18.9 Å². The van der Waals surface area contributed by atoms with Crippen molar-refractivity contribution in [3.05, 3.63) is 71.2 Å². The van der Waals surface area contributed by atoms with E-state index in [9.17, 15) is 27.9 Å². The predicted molar refractivity (Wildman–Crippen MR) is 74.8 cm³/mol. The molecule has 2 amide bonds. The summed E-state index contributed by atoms with van der Waals surface area (Å²) in [5.41, 5.74) is -0.422. The molecule has 7 heteroatoms. The van der Waals surface area contributed by atoms with E-state index in [1.54, 1.807) is 0 Å². The highest BCUT2D eigenvalue weighted by Gasteiger charge is 2.40. The van der Waals surface area contributed by atoms with Crippen LogP contribution in [-0.4, -0.2) is 16.9 Å². The summed E-state index contributed by atoms with van der Waals surface area (Å²) in [6.45, 7) is 0. The van der Waals surface area contributed by atoms with Crippen molar-refractivity contribution in [3.63, 3.8) is 0 Å². The second kappa shape index (κ2) is 5.28. The number of anilines is 1. The molecule has 116 valence electrons. The Labute approximate surface area is 128 Å². The maximum absolute atomic E-state index is 13.3. The van der Waals surface area contributed by atoms with Gasteiger partial charge in [-0.05, 0) is 29.8 Å². The molecule has 1 aliphatic rings. The van der Waals surface area contributed by atoms with Crippen LogP contribution >= 0.6 is 0 Å². The second-order valence-electron chi connectivity index (χ2n) is 4.77. The second-order valence-corrected chi connectivity index (χ2v) is 4.77. The minimum atomic E-state index is -1.24. The van der Waals surface area contributed by atoms with E-state index in [1.165, 1.54) is 12.1 Å². The molecule has 0 radical (unpaired) electrons. The van der Waals surface area contributed by atoms with Gasteiger partial charge in [0, 0.05) is 6.07 Å². The maximum Gasteiger partial charge on any atom is 0.301 e. The Kier molecular flexibility index (Phi) is 3.40. The number of carbonyl (C=O) groups excluding carboxylic acids is 2. The third-order valence-corrected chi connectivity index (χ3v) is 3.35. The van der Waals surface area contributed by atoms with Gasteiger partial charge in [-0.1, -0.05) is 12.1 Å². The lowest BCUT2D eigenvalue weighted by molar-refractivity contribution is -0.121. The fraction of sp³-hybridized carbons (Fsp3) is 0. The average Bonchev–Trinajstić information content (AvgIpc) is 2.74. The fourth-order valence-corrected chi connectivity index (χ4v) is 2.25. The SMILES string of the molecule is O=C1C(O)=C(c2ccc(F)cc2)C(=O)N1c1ccc(F)c(F)c1. The Morgan fingerprint density at radius 3 is 2.09 bits per heavy atom. The number of hydrogen-bond acceptors (Lipinski definition) is 3. The number of carbonyl (C=O) groups is 2. The summed E-state index contributed by atoms with van der Waals surface area (Å²) in [7, 11) is 0. The molecule has 2 aromatic carbocycles. The number of aliphatic hydroxyl groups is 1. The zero-order valence-electron chi connectivity index (χ0n) is 11.4. The number of imide groups is 1. The molecular formula is C16H8F3NO3. The lowest BCUT2D eigenvalue weighted by atomic mass is 10.1. The van der Waals surface area contributed by atoms with E-state index in [4.69, 9.17) is 0 Å². The molecule has 0 aromatic heterocycles. The molecule has 2 aromatic rings. The standard InChI is InChI=1S/C16H8F3NO3/c17-9-3-1-8(2-4-9)13-14(21)16(23)20(15(13)22)10-5-6-11(18)12(19)7-10/h1-7,21H. The van der Waals surface area contributed by atoms with Gasteiger partial charge in [0.1, 0.15) is 5.82 Å². The molecule has 1 N–H and O–H groups in total. The van der Waals surface area contributed by atoms with Gasteiger partial charge in [-0.15, -0.1) is 0 Å². The molecule has 0 bridgehead atoms. The molecule has 0 saturated heterocycles. The summed E-state index contributed by atoms with van der Waals surface area (Å²) in [5, 5.41) is 9.91. The van der Waals surface area contributed by atoms with Crippen molar-refractivity contribution in [2.45, 2.75) is 0 Å². The Hall–Kier alpha value is -3.09. The van der Waals surface area contributed by atoms with Gasteiger partial charge in [0.05, 0.1) is 11.3 Å². The van der Waals surface area contributed by atoms with Crippen molar-refractivity contribution in [1.29, 1.82) is 0 Å². The van der Waals surface area contributed by atoms with Gasteiger partial charge in [-0.25, -0.2) is 18.1 Å². The number of amides is 2. The van der Waals surface area contributed by atoms with Gasteiger partial charge in [0.2, 0.25) is 0 Å². The van der Waals surface area contributed by atoms with Crippen molar-refractivity contribution in [1.82, 2.24) is 0 Å². The molecular weight excluding hydrogens is 311 g/mol. The molecule has 0 saturated carbocycles. The van der Waals surface area contributed by atoms with Gasteiger partial charge in [0.15, 0.2) is 17.4 Å². The molecule has 1 heterocycles. The Balaban J connectivity index is 2.05. The minimum absolute atomic E-state index is 0.132. The summed E-state index contributed by atoms with van der Waals surface area (Å²) in [5.74, 6) is -5.75. The lowest BCUT2D eigenvalue weighted by Gasteiger charge is -2.14. The first-order valence-electron chi connectivity index (χ1n) is 6.43. The summed E-state index contributed by atoms with van der Waals surface area (Å²) in [6.07, 6.45) is 0. The largest absolute Gasteiger partial charge is 0.502 e. The minimum Gasteiger partial charge on any atom is -0.502 e. The quantitative estimate of drug-likeness (QED) is 0.866. The van der Waals surface area contributed by atoms with Crippen LogP contribution in [0.25, 0.3) is 5.57 Å². The maximum atomic E-state index is 13.3. The van der Waals surface area contributed by atoms with Crippen LogP contribution in [0.2, 0.25) is 0 Å². The number of rotatable bonds is 2. The van der Waals surface area contributed by atoms with Crippen LogP contribution in [0.5, 0.6) is 0 Å². The van der Waals surface area contributed by atoms with Crippen LogP contribution < -0.4 is 4.90 Å². The van der Waals surface area contributed by atoms with Gasteiger partial charge in [0.25, 0.3) is 5.91 Å². The van der Waals surface area contributed by atoms with E-state index in [1.807, 2.05) is 0 Å². The van der Waals surface area contributed by atoms with E-state index in [-0.39, 0.29) is 16.8 Å². The van der Waals surface area contributed by atoms with Crippen LogP contribution in [0.1, 0.15) is 5.56 Å². The molecule has 0 fully saturated rings. The number of halogens is 3. The number of hydrogen-bond donors (Lipinski definition) is 1. The van der Waals surface area contributed by atoms with Crippen LogP contribution in [-0.2, 0) is 9.59 Å². The number of benzene rings is 2. The van der Waals surface area contributed by atoms with Crippen molar-refractivity contribution < 1.29 is 27.9 Å². The topological polar surface area (TPSA) is 57.6 Å². The normalized spacial score (nSPS) is 14.8. The Morgan fingerprint density at radius 2 is 1.48 bits per heavy atom. The molecule has 0 unspecified atom stereocenters. The molecule has 0 spiro atoms. The third kappa shape index (κ3) is 2.36. The third-order valence-electron chi connectivity index (χ3n) is 3.35. The Bertz CT molecular complexity index is 859. The van der Waals surface area contributed by atoms with Crippen LogP contribution in [0.15, 0.2) is 48.2 Å². The van der Waals surface area contributed by atoms with Crippen LogP contribution in [0, 0.1) is 17.5 Å². The molecule has 3 rings (SSSR count). The molecule has 4 nitrogen and oxygen atoms in total. The zero-order valence-corrected chi connectivity index (χ0v) is 11.4. The lowest BCUT2D eigenvalue weighted by Crippen LogP contribution is -2.31. The van der Waals surface area contributed by atoms with Gasteiger partial charge in [-0.3, -0.25) is 9.59 Å². The first kappa shape index (κ1) is 14.8. The van der Waals surface area contributed by atoms with Gasteiger partial charge < -0.3 is 5.11 Å². The van der Waals surface area contributed by atoms with E-state index in [0.717, 1.165) is 24.3 Å². The van der Waals surface area contributed by atoms with E-state index in [2.05, 4.69) is 0 Å². The predicted octanol–water partition coefficient (Wildman–Crippen LogP) is 2.95. The first-order valence-corrected chi connectivity index (χ1v) is 6.43. The average molecular weight is 319 g/mol. The van der Waals surface area contributed by atoms with Crippen LogP contribution in [0.3, 0.4) is 0 Å². The molecule has 0 atom stereocenters. The van der Waals surface area contributed by atoms with Crippen molar-refractivity contribution in [2.24, 2.45) is 0 Å². The summed E-state index contributed by atoms with van der Waals surface area (Å²) in [4.78, 5) is 25.0. The highest BCUT2D eigenvalue weighted by molar-refractivity contribution is 6.44. The summed E-state index contributed by atoms with van der Waals surface area (Å²) in [6, 6.07) is 7.04. The van der Waals surface area contributed by atoms with Crippen molar-refractivity contribution >= 4 is 23.1 Å². The summed E-state index contributed by atoms with van der Waals surface area (Å²) < 4.78 is 39.2. The highest BCUT2D eigenvalue weighted by Crippen LogP contribution is 2.32. The highest BCUT2D eigenvalue weighted by atomic mass is 19.2. The first-order chi connectivity index (χ1) is 10.9. The van der Waals surface area contributed by atoms with E-state index < -0.39 is 35.0 Å². The molecule has 23 heavy (non-hydrogen) atoms. The zero-order chi connectivity index (χ0) is 16.7.